The lowest BCUT2D eigenvalue weighted by molar-refractivity contribution is 0.0289. The lowest BCUT2D eigenvalue weighted by Crippen LogP contribution is -2.35. The maximum atomic E-state index is 15.9. The molecule has 0 N–H and O–H groups in total. The van der Waals surface area contributed by atoms with E-state index < -0.39 is 11.4 Å². The number of fused-ring (bicyclic) bond motifs is 3. The largest absolute Gasteiger partial charge is 0.476 e. The molecule has 0 bridgehead atoms. The van der Waals surface area contributed by atoms with Crippen molar-refractivity contribution in [2.45, 2.75) is 71.2 Å². The molecule has 2 atom stereocenters. The number of nitrogens with zero attached hydrogens (tertiary/aromatic N) is 5. The fourth-order valence-corrected chi connectivity index (χ4v) is 6.74. The predicted octanol–water partition coefficient (Wildman–Crippen LogP) is 6.01. The number of pyridine rings is 1. The number of amides is 2. The molecule has 3 fully saturated rings. The summed E-state index contributed by atoms with van der Waals surface area (Å²) in [5, 5.41) is 1.41. The van der Waals surface area contributed by atoms with Gasteiger partial charge >= 0.3 is 12.2 Å². The van der Waals surface area contributed by atoms with Crippen molar-refractivity contribution in [3.63, 3.8) is 0 Å². The lowest BCUT2D eigenvalue weighted by Gasteiger charge is -2.25. The Morgan fingerprint density at radius 2 is 1.98 bits per heavy atom. The number of hydrogen-bond donors (Lipinski definition) is 0. The van der Waals surface area contributed by atoms with E-state index in [1.54, 1.807) is 9.80 Å². The molecular weight excluding hydrogens is 621 g/mol. The van der Waals surface area contributed by atoms with Crippen molar-refractivity contribution >= 4 is 49.9 Å². The van der Waals surface area contributed by atoms with Gasteiger partial charge in [0.1, 0.15) is 24.3 Å². The summed E-state index contributed by atoms with van der Waals surface area (Å²) in [7, 11) is 2.09. The average Bonchev–Trinajstić information content (AvgIpc) is 3.73. The van der Waals surface area contributed by atoms with Gasteiger partial charge in [-0.25, -0.2) is 19.0 Å². The summed E-state index contributed by atoms with van der Waals surface area (Å²) >= 11 is 3.41. The van der Waals surface area contributed by atoms with Crippen molar-refractivity contribution < 1.29 is 28.2 Å². The average molecular weight is 661 g/mol. The Morgan fingerprint density at radius 1 is 1.19 bits per heavy atom. The highest BCUT2D eigenvalue weighted by Gasteiger charge is 2.35. The van der Waals surface area contributed by atoms with E-state index in [1.807, 2.05) is 39.8 Å². The summed E-state index contributed by atoms with van der Waals surface area (Å²) in [6, 6.07) is 4.06. The highest BCUT2D eigenvalue weighted by atomic mass is 79.9. The van der Waals surface area contributed by atoms with Gasteiger partial charge in [-0.15, -0.1) is 0 Å². The Balaban J connectivity index is 1.50. The third-order valence-electron chi connectivity index (χ3n) is 8.64. The zero-order valence-electron chi connectivity index (χ0n) is 25.4. The molecule has 5 heterocycles. The molecule has 2 unspecified atom stereocenters. The second kappa shape index (κ2) is 11.4. The molecule has 0 radical (unpaired) electrons. The van der Waals surface area contributed by atoms with Crippen molar-refractivity contribution in [3.8, 4) is 5.88 Å². The first-order valence-corrected chi connectivity index (χ1v) is 15.8. The van der Waals surface area contributed by atoms with Gasteiger partial charge in [0.2, 0.25) is 5.88 Å². The molecule has 1 aromatic carbocycles. The number of ether oxygens (including phenoxy) is 3. The molecule has 43 heavy (non-hydrogen) atoms. The lowest BCUT2D eigenvalue weighted by atomic mass is 10.1. The molecule has 3 saturated heterocycles. The van der Waals surface area contributed by atoms with Crippen LogP contribution in [0.1, 0.15) is 57.3 Å². The number of halogens is 2. The van der Waals surface area contributed by atoms with Gasteiger partial charge in [-0.05, 0) is 94.2 Å². The number of hydrogen-bond acceptors (Lipinski definition) is 7. The standard InChI is InChI=1S/C31H39BrFN5O5/c1-18-13-22-26(25(33)24(18)32)34-28(42-17-20-7-6-9-35(20)5)23-14-21(16-37-11-12-41-29(37)39)38(27(22)23)19-8-10-36(15-19)30(40)43-31(2,3)4/h13-14,19-20H,6-12,15-17H2,1-5H3. The van der Waals surface area contributed by atoms with Crippen molar-refractivity contribution in [2.24, 2.45) is 0 Å². The molecule has 10 nitrogen and oxygen atoms in total. The van der Waals surface area contributed by atoms with Gasteiger partial charge < -0.3 is 28.6 Å². The van der Waals surface area contributed by atoms with Gasteiger partial charge in [0, 0.05) is 30.2 Å². The number of aryl methyl sites for hydroxylation is 1. The maximum absolute atomic E-state index is 15.9. The van der Waals surface area contributed by atoms with Gasteiger partial charge in [-0.3, -0.25) is 4.90 Å². The molecule has 2 amide bonds. The molecule has 6 rings (SSSR count). The smallest absolute Gasteiger partial charge is 0.410 e. The third kappa shape index (κ3) is 5.75. The molecule has 2 aromatic heterocycles. The van der Waals surface area contributed by atoms with Crippen LogP contribution in [0.25, 0.3) is 21.8 Å². The first-order valence-electron chi connectivity index (χ1n) is 15.0. The summed E-state index contributed by atoms with van der Waals surface area (Å²) < 4.78 is 35.7. The van der Waals surface area contributed by atoms with Gasteiger partial charge in [-0.2, -0.15) is 0 Å². The summed E-state index contributed by atoms with van der Waals surface area (Å²) in [4.78, 5) is 35.9. The molecule has 3 aliphatic rings. The second-order valence-corrected chi connectivity index (χ2v) is 13.7. The van der Waals surface area contributed by atoms with E-state index in [-0.39, 0.29) is 29.8 Å². The van der Waals surface area contributed by atoms with Crippen LogP contribution >= 0.6 is 15.9 Å². The molecule has 0 saturated carbocycles. The normalized spacial score (nSPS) is 21.4. The number of rotatable bonds is 6. The van der Waals surface area contributed by atoms with Crippen LogP contribution in [0.2, 0.25) is 0 Å². The molecule has 3 aliphatic heterocycles. The molecule has 232 valence electrons. The number of likely N-dealkylation sites (tertiary alicyclic amines) is 2. The SMILES string of the molecule is Cc1cc2c(nc(OCC3CCCN3C)c3cc(CN4CCOC4=O)n(C4CCN(C(=O)OC(C)(C)C)C4)c32)c(F)c1Br. The van der Waals surface area contributed by atoms with E-state index in [0.717, 1.165) is 41.5 Å². The quantitative estimate of drug-likeness (QED) is 0.320. The zero-order chi connectivity index (χ0) is 30.6. The maximum Gasteiger partial charge on any atom is 0.410 e. The Morgan fingerprint density at radius 3 is 2.65 bits per heavy atom. The van der Waals surface area contributed by atoms with E-state index in [1.165, 1.54) is 0 Å². The summed E-state index contributed by atoms with van der Waals surface area (Å²) in [5.74, 6) is -0.0811. The van der Waals surface area contributed by atoms with Crippen LogP contribution in [0.4, 0.5) is 14.0 Å². The van der Waals surface area contributed by atoms with Gasteiger partial charge in [0.05, 0.1) is 34.5 Å². The third-order valence-corrected chi connectivity index (χ3v) is 9.61. The van der Waals surface area contributed by atoms with E-state index >= 15 is 4.39 Å². The van der Waals surface area contributed by atoms with Crippen LogP contribution in [0.5, 0.6) is 5.88 Å². The van der Waals surface area contributed by atoms with E-state index in [9.17, 15) is 9.59 Å². The molecule has 0 aliphatic carbocycles. The van der Waals surface area contributed by atoms with Crippen molar-refractivity contribution in [2.75, 3.05) is 46.4 Å². The molecule has 12 heteroatoms. The Hall–Kier alpha value is -3.12. The fourth-order valence-electron chi connectivity index (χ4n) is 6.43. The van der Waals surface area contributed by atoms with Gasteiger partial charge in [0.15, 0.2) is 5.82 Å². The minimum atomic E-state index is -0.611. The van der Waals surface area contributed by atoms with Crippen molar-refractivity contribution in [3.05, 3.63) is 33.7 Å². The molecule has 3 aromatic rings. The van der Waals surface area contributed by atoms with E-state index in [0.29, 0.717) is 61.6 Å². The first kappa shape index (κ1) is 29.9. The van der Waals surface area contributed by atoms with Crippen LogP contribution in [0, 0.1) is 12.7 Å². The minimum absolute atomic E-state index is 0.134. The zero-order valence-corrected chi connectivity index (χ0v) is 27.0. The predicted molar refractivity (Wildman–Crippen MR) is 164 cm³/mol. The Labute approximate surface area is 259 Å². The minimum Gasteiger partial charge on any atom is -0.476 e. The van der Waals surface area contributed by atoms with E-state index in [2.05, 4.69) is 32.4 Å². The molecule has 0 spiro atoms. The number of benzene rings is 1. The number of carbonyl (C=O) groups excluding carboxylic acids is 2. The number of carbonyl (C=O) groups is 2. The van der Waals surface area contributed by atoms with Crippen LogP contribution in [-0.4, -0.2) is 94.5 Å². The van der Waals surface area contributed by atoms with Crippen molar-refractivity contribution in [1.82, 2.24) is 24.3 Å². The topological polar surface area (TPSA) is 89.4 Å². The first-order chi connectivity index (χ1) is 20.4. The summed E-state index contributed by atoms with van der Waals surface area (Å²) in [6.45, 7) is 10.9. The van der Waals surface area contributed by atoms with Crippen molar-refractivity contribution in [1.29, 1.82) is 0 Å². The van der Waals surface area contributed by atoms with Crippen LogP contribution in [0.3, 0.4) is 0 Å². The van der Waals surface area contributed by atoms with Gasteiger partial charge in [0.25, 0.3) is 0 Å². The number of aromatic nitrogens is 2. The van der Waals surface area contributed by atoms with Crippen LogP contribution in [0.15, 0.2) is 16.6 Å². The monoisotopic (exact) mass is 659 g/mol. The number of likely N-dealkylation sites (N-methyl/N-ethyl adjacent to an activating group) is 1. The Bertz CT molecular complexity index is 1590. The highest BCUT2D eigenvalue weighted by Crippen LogP contribution is 2.41. The number of cyclic esters (lactones) is 1. The fraction of sp³-hybridized carbons (Fsp3) is 0.581. The van der Waals surface area contributed by atoms with Crippen LogP contribution in [-0.2, 0) is 16.0 Å². The molecular formula is C31H39BrFN5O5. The van der Waals surface area contributed by atoms with Crippen LogP contribution < -0.4 is 4.74 Å². The summed E-state index contributed by atoms with van der Waals surface area (Å²) in [5.41, 5.74) is 1.98. The summed E-state index contributed by atoms with van der Waals surface area (Å²) in [6.07, 6.45) is 2.07. The second-order valence-electron chi connectivity index (χ2n) is 12.9. The highest BCUT2D eigenvalue weighted by molar-refractivity contribution is 9.10. The van der Waals surface area contributed by atoms with Gasteiger partial charge in [-0.1, -0.05) is 0 Å². The van der Waals surface area contributed by atoms with E-state index in [4.69, 9.17) is 19.2 Å². The Kier molecular flexibility index (Phi) is 7.95.